The highest BCUT2D eigenvalue weighted by atomic mass is 32.1. The molecule has 0 saturated carbocycles. The van der Waals surface area contributed by atoms with Gasteiger partial charge < -0.3 is 11.1 Å². The number of thiocarbonyl (C=S) groups is 1. The Morgan fingerprint density at radius 1 is 1.19 bits per heavy atom. The second-order valence-corrected chi connectivity index (χ2v) is 4.85. The zero-order valence-electron chi connectivity index (χ0n) is 10.1. The predicted octanol–water partition coefficient (Wildman–Crippen LogP) is 2.65. The molecule has 0 aliphatic carbocycles. The van der Waals surface area contributed by atoms with Gasteiger partial charge in [-0.1, -0.05) is 56.4 Å². The molecule has 0 aliphatic heterocycles. The van der Waals surface area contributed by atoms with E-state index in [4.69, 9.17) is 18.0 Å². The minimum absolute atomic E-state index is 0.0684. The third kappa shape index (κ3) is 3.58. The first-order valence-electron chi connectivity index (χ1n) is 5.63. The average Bonchev–Trinajstić information content (AvgIpc) is 2.28. The number of rotatable bonds is 4. The molecule has 0 heterocycles. The Bertz CT molecular complexity index is 335. The van der Waals surface area contributed by atoms with Crippen molar-refractivity contribution < 1.29 is 0 Å². The third-order valence-electron chi connectivity index (χ3n) is 2.68. The molecule has 0 amide bonds. The zero-order valence-corrected chi connectivity index (χ0v) is 10.9. The zero-order chi connectivity index (χ0) is 12.1. The Morgan fingerprint density at radius 2 is 1.75 bits per heavy atom. The van der Waals surface area contributed by atoms with Gasteiger partial charge >= 0.3 is 0 Å². The molecule has 0 spiro atoms. The van der Waals surface area contributed by atoms with Gasteiger partial charge in [-0.2, -0.15) is 0 Å². The van der Waals surface area contributed by atoms with Crippen molar-refractivity contribution in [3.8, 4) is 0 Å². The van der Waals surface area contributed by atoms with Gasteiger partial charge in [0.15, 0.2) is 0 Å². The molecule has 3 N–H and O–H groups in total. The summed E-state index contributed by atoms with van der Waals surface area (Å²) in [5.41, 5.74) is 7.21. The predicted molar refractivity (Wildman–Crippen MR) is 73.4 cm³/mol. The van der Waals surface area contributed by atoms with Gasteiger partial charge in [0.05, 0.1) is 11.0 Å². The molecular weight excluding hydrogens is 216 g/mol. The van der Waals surface area contributed by atoms with Crippen LogP contribution in [0.3, 0.4) is 0 Å². The Morgan fingerprint density at radius 3 is 2.25 bits per heavy atom. The highest BCUT2D eigenvalue weighted by Gasteiger charge is 2.15. The van der Waals surface area contributed by atoms with E-state index in [2.05, 4.69) is 38.2 Å². The van der Waals surface area contributed by atoms with E-state index in [1.165, 1.54) is 5.56 Å². The monoisotopic (exact) mass is 236 g/mol. The summed E-state index contributed by atoms with van der Waals surface area (Å²) < 4.78 is 0. The molecule has 1 rings (SSSR count). The number of nitrogens with two attached hydrogens (primary N) is 1. The number of hydrogen-bond acceptors (Lipinski definition) is 2. The SMILES string of the molecule is CC(C)[C@H](N)C(=S)N[C@@H](C)c1ccccc1. The van der Waals surface area contributed by atoms with Crippen LogP contribution in [0.15, 0.2) is 30.3 Å². The lowest BCUT2D eigenvalue weighted by Gasteiger charge is -2.22. The van der Waals surface area contributed by atoms with Gasteiger partial charge in [-0.3, -0.25) is 0 Å². The van der Waals surface area contributed by atoms with Crippen LogP contribution in [-0.2, 0) is 0 Å². The number of nitrogens with one attached hydrogen (secondary N) is 1. The normalized spacial score (nSPS) is 14.6. The number of benzene rings is 1. The molecule has 0 saturated heterocycles. The molecule has 0 fully saturated rings. The Kier molecular flexibility index (Phi) is 4.90. The summed E-state index contributed by atoms with van der Waals surface area (Å²) >= 11 is 5.29. The molecule has 1 aromatic rings. The summed E-state index contributed by atoms with van der Waals surface area (Å²) in [6, 6.07) is 10.4. The first kappa shape index (κ1) is 13.1. The van der Waals surface area contributed by atoms with Gasteiger partial charge in [0.25, 0.3) is 0 Å². The highest BCUT2D eigenvalue weighted by Crippen LogP contribution is 2.12. The van der Waals surface area contributed by atoms with Crippen molar-refractivity contribution in [2.75, 3.05) is 0 Å². The molecular formula is C13H20N2S. The summed E-state index contributed by atoms with van der Waals surface area (Å²) in [5.74, 6) is 0.364. The fourth-order valence-electron chi connectivity index (χ4n) is 1.44. The fraction of sp³-hybridized carbons (Fsp3) is 0.462. The topological polar surface area (TPSA) is 38.0 Å². The Labute approximate surface area is 103 Å². The lowest BCUT2D eigenvalue weighted by molar-refractivity contribution is 0.575. The van der Waals surface area contributed by atoms with Crippen molar-refractivity contribution in [2.45, 2.75) is 32.9 Å². The molecule has 3 heteroatoms. The van der Waals surface area contributed by atoms with Crippen LogP contribution in [0, 0.1) is 5.92 Å². The average molecular weight is 236 g/mol. The second-order valence-electron chi connectivity index (χ2n) is 4.41. The summed E-state index contributed by atoms with van der Waals surface area (Å²) in [4.78, 5) is 0.742. The van der Waals surface area contributed by atoms with E-state index in [1.807, 2.05) is 18.2 Å². The minimum Gasteiger partial charge on any atom is -0.372 e. The molecule has 88 valence electrons. The molecule has 2 nitrogen and oxygen atoms in total. The molecule has 16 heavy (non-hydrogen) atoms. The summed E-state index contributed by atoms with van der Waals surface area (Å²) in [6.45, 7) is 6.24. The van der Waals surface area contributed by atoms with E-state index in [0.29, 0.717) is 5.92 Å². The summed E-state index contributed by atoms with van der Waals surface area (Å²) in [7, 11) is 0. The van der Waals surface area contributed by atoms with Crippen molar-refractivity contribution in [1.29, 1.82) is 0 Å². The first-order valence-corrected chi connectivity index (χ1v) is 6.04. The first-order chi connectivity index (χ1) is 7.52. The molecule has 0 aromatic heterocycles. The van der Waals surface area contributed by atoms with Crippen molar-refractivity contribution in [2.24, 2.45) is 11.7 Å². The summed E-state index contributed by atoms with van der Waals surface area (Å²) in [6.07, 6.45) is 0. The largest absolute Gasteiger partial charge is 0.372 e. The quantitative estimate of drug-likeness (QED) is 0.789. The van der Waals surface area contributed by atoms with Crippen molar-refractivity contribution in [3.63, 3.8) is 0 Å². The second kappa shape index (κ2) is 5.97. The maximum Gasteiger partial charge on any atom is 0.0930 e. The van der Waals surface area contributed by atoms with Crippen LogP contribution in [0.5, 0.6) is 0 Å². The van der Waals surface area contributed by atoms with Crippen LogP contribution in [0.25, 0.3) is 0 Å². The molecule has 0 bridgehead atoms. The third-order valence-corrected chi connectivity index (χ3v) is 3.07. The maximum absolute atomic E-state index is 5.98. The standard InChI is InChI=1S/C13H20N2S/c1-9(2)12(14)13(16)15-10(3)11-7-5-4-6-8-11/h4-10,12H,14H2,1-3H3,(H,15,16)/t10-,12-/m0/s1. The lowest BCUT2D eigenvalue weighted by Crippen LogP contribution is -2.43. The van der Waals surface area contributed by atoms with Gasteiger partial charge in [0.2, 0.25) is 0 Å². The van der Waals surface area contributed by atoms with Crippen molar-refractivity contribution >= 4 is 17.2 Å². The summed E-state index contributed by atoms with van der Waals surface area (Å²) in [5, 5.41) is 3.28. The Balaban J connectivity index is 2.58. The van der Waals surface area contributed by atoms with E-state index in [9.17, 15) is 0 Å². The van der Waals surface area contributed by atoms with E-state index in [-0.39, 0.29) is 12.1 Å². The van der Waals surface area contributed by atoms with E-state index in [1.54, 1.807) is 0 Å². The smallest absolute Gasteiger partial charge is 0.0930 e. The maximum atomic E-state index is 5.98. The van der Waals surface area contributed by atoms with Gasteiger partial charge in [-0.05, 0) is 18.4 Å². The molecule has 0 aliphatic rings. The van der Waals surface area contributed by atoms with Gasteiger partial charge in [0, 0.05) is 6.04 Å². The van der Waals surface area contributed by atoms with Crippen LogP contribution < -0.4 is 11.1 Å². The van der Waals surface area contributed by atoms with E-state index in [0.717, 1.165) is 4.99 Å². The minimum atomic E-state index is -0.0684. The molecule has 0 unspecified atom stereocenters. The van der Waals surface area contributed by atoms with Crippen LogP contribution >= 0.6 is 12.2 Å². The van der Waals surface area contributed by atoms with Gasteiger partial charge in [-0.15, -0.1) is 0 Å². The van der Waals surface area contributed by atoms with E-state index < -0.39 is 0 Å². The molecule has 2 atom stereocenters. The highest BCUT2D eigenvalue weighted by molar-refractivity contribution is 7.80. The van der Waals surface area contributed by atoms with Crippen LogP contribution in [0.1, 0.15) is 32.4 Å². The van der Waals surface area contributed by atoms with E-state index >= 15 is 0 Å². The van der Waals surface area contributed by atoms with Crippen LogP contribution in [-0.4, -0.2) is 11.0 Å². The fourth-order valence-corrected chi connectivity index (χ4v) is 1.89. The van der Waals surface area contributed by atoms with Gasteiger partial charge in [-0.25, -0.2) is 0 Å². The lowest BCUT2D eigenvalue weighted by atomic mass is 10.0. The molecule has 0 radical (unpaired) electrons. The Hall–Kier alpha value is -0.930. The molecule has 1 aromatic carbocycles. The van der Waals surface area contributed by atoms with Crippen molar-refractivity contribution in [1.82, 2.24) is 5.32 Å². The van der Waals surface area contributed by atoms with Gasteiger partial charge in [0.1, 0.15) is 0 Å². The number of hydrogen-bond donors (Lipinski definition) is 2. The van der Waals surface area contributed by atoms with Crippen LogP contribution in [0.4, 0.5) is 0 Å². The van der Waals surface area contributed by atoms with Crippen molar-refractivity contribution in [3.05, 3.63) is 35.9 Å². The van der Waals surface area contributed by atoms with Crippen LogP contribution in [0.2, 0.25) is 0 Å².